The summed E-state index contributed by atoms with van der Waals surface area (Å²) in [6.45, 7) is 1.94. The lowest BCUT2D eigenvalue weighted by atomic mass is 9.89. The summed E-state index contributed by atoms with van der Waals surface area (Å²) in [6.07, 6.45) is 10.5. The van der Waals surface area contributed by atoms with Crippen molar-refractivity contribution >= 4 is 17.4 Å². The lowest BCUT2D eigenvalue weighted by Crippen LogP contribution is -2.55. The van der Waals surface area contributed by atoms with E-state index in [1.807, 2.05) is 48.8 Å². The molecule has 0 spiro atoms. The minimum Gasteiger partial charge on any atom is -0.369 e. The van der Waals surface area contributed by atoms with E-state index in [0.717, 1.165) is 61.4 Å². The van der Waals surface area contributed by atoms with Gasteiger partial charge in [-0.05, 0) is 73.2 Å². The highest BCUT2D eigenvalue weighted by Gasteiger charge is 2.29. The van der Waals surface area contributed by atoms with Gasteiger partial charge < -0.3 is 21.3 Å². The molecule has 8 heteroatoms. The van der Waals surface area contributed by atoms with Gasteiger partial charge in [-0.3, -0.25) is 4.79 Å². The number of piperidine rings is 1. The number of hydrogen-bond donors (Lipinski definition) is 3. The summed E-state index contributed by atoms with van der Waals surface area (Å²) in [5.74, 6) is 0.414. The minimum absolute atomic E-state index is 0.292. The molecule has 4 N–H and O–H groups in total. The predicted molar refractivity (Wildman–Crippen MR) is 145 cm³/mol. The molecule has 190 valence electrons. The zero-order chi connectivity index (χ0) is 25.6. The van der Waals surface area contributed by atoms with Crippen molar-refractivity contribution in [3.05, 3.63) is 72.2 Å². The van der Waals surface area contributed by atoms with Crippen molar-refractivity contribution in [2.24, 2.45) is 5.73 Å². The normalized spacial score (nSPS) is 21.7. The Morgan fingerprint density at radius 2 is 1.84 bits per heavy atom. The highest BCUT2D eigenvalue weighted by Crippen LogP contribution is 2.27. The zero-order valence-corrected chi connectivity index (χ0v) is 20.9. The summed E-state index contributed by atoms with van der Waals surface area (Å²) in [5, 5.41) is 16.7. The third kappa shape index (κ3) is 6.07. The Balaban J connectivity index is 1.25. The fourth-order valence-electron chi connectivity index (χ4n) is 5.52. The Labute approximate surface area is 217 Å². The van der Waals surface area contributed by atoms with E-state index in [1.54, 1.807) is 12.1 Å². The van der Waals surface area contributed by atoms with Crippen LogP contribution in [0.4, 0.5) is 11.5 Å². The molecule has 5 rings (SSSR count). The van der Waals surface area contributed by atoms with Gasteiger partial charge in [0.2, 0.25) is 5.91 Å². The fourth-order valence-corrected chi connectivity index (χ4v) is 5.52. The first kappa shape index (κ1) is 24.7. The number of anilines is 2. The first-order chi connectivity index (χ1) is 18.1. The number of nitriles is 1. The van der Waals surface area contributed by atoms with Crippen LogP contribution in [0.5, 0.6) is 0 Å². The van der Waals surface area contributed by atoms with Crippen LogP contribution >= 0.6 is 0 Å². The zero-order valence-electron chi connectivity index (χ0n) is 20.9. The highest BCUT2D eigenvalue weighted by molar-refractivity contribution is 5.94. The number of nitrogens with one attached hydrogen (secondary N) is 2. The molecule has 1 amide bonds. The molecule has 8 nitrogen and oxygen atoms in total. The van der Waals surface area contributed by atoms with Gasteiger partial charge in [-0.15, -0.1) is 0 Å². The quantitative estimate of drug-likeness (QED) is 0.451. The smallest absolute Gasteiger partial charge is 0.248 e. The molecule has 2 aromatic heterocycles. The molecule has 2 fully saturated rings. The summed E-state index contributed by atoms with van der Waals surface area (Å²) in [6, 6.07) is 18.3. The van der Waals surface area contributed by atoms with Gasteiger partial charge in [0.15, 0.2) is 0 Å². The van der Waals surface area contributed by atoms with Crippen LogP contribution in [-0.4, -0.2) is 47.1 Å². The van der Waals surface area contributed by atoms with E-state index < -0.39 is 5.91 Å². The molecule has 0 unspecified atom stereocenters. The highest BCUT2D eigenvalue weighted by atomic mass is 16.1. The molecule has 37 heavy (non-hydrogen) atoms. The summed E-state index contributed by atoms with van der Waals surface area (Å²) >= 11 is 0. The molecule has 1 saturated carbocycles. The van der Waals surface area contributed by atoms with E-state index in [2.05, 4.69) is 31.6 Å². The lowest BCUT2D eigenvalue weighted by Gasteiger charge is -2.40. The number of benzene rings is 1. The molecule has 3 heterocycles. The van der Waals surface area contributed by atoms with Crippen LogP contribution in [0, 0.1) is 11.3 Å². The molecule has 1 aliphatic carbocycles. The monoisotopic (exact) mass is 495 g/mol. The molecule has 3 aromatic rings. The Hall–Kier alpha value is -3.96. The molecule has 1 aliphatic heterocycles. The van der Waals surface area contributed by atoms with Gasteiger partial charge in [0.25, 0.3) is 0 Å². The lowest BCUT2D eigenvalue weighted by molar-refractivity contribution is 0.100. The maximum atomic E-state index is 11.6. The number of aromatic nitrogens is 2. The summed E-state index contributed by atoms with van der Waals surface area (Å²) < 4.78 is 0. The Morgan fingerprint density at radius 1 is 1.00 bits per heavy atom. The van der Waals surface area contributed by atoms with Crippen molar-refractivity contribution in [3.8, 4) is 17.2 Å². The standard InChI is InChI=1S/C29H33N7O/c30-17-23-10-11-25(18-33-23)36-14-4-7-24(19-36)34-26-8-1-2-9-27(26)35-28-16-21(12-13-32-28)20-5-3-6-22(15-20)29(31)37/h3,5-6,10-13,15-16,18,24,26-27,34H,1-2,4,7-9,14,19H2,(H2,31,37)(H,32,35)/t24-,26+,27+/m0/s1. The summed E-state index contributed by atoms with van der Waals surface area (Å²) in [5.41, 5.74) is 9.44. The SMILES string of the molecule is N#Cc1ccc(N2CCC[C@H](N[C@@H]3CCCC[C@H]3Nc3cc(-c4cccc(C(N)=O)c4)ccn3)C2)cn1. The number of carbonyl (C=O) groups is 1. The number of nitrogens with zero attached hydrogens (tertiary/aromatic N) is 4. The number of pyridine rings is 2. The Kier molecular flexibility index (Phi) is 7.62. The van der Waals surface area contributed by atoms with Crippen LogP contribution < -0.4 is 21.3 Å². The molecular weight excluding hydrogens is 462 g/mol. The minimum atomic E-state index is -0.429. The van der Waals surface area contributed by atoms with Crippen molar-refractivity contribution in [3.63, 3.8) is 0 Å². The van der Waals surface area contributed by atoms with E-state index in [1.165, 1.54) is 12.8 Å². The second-order valence-electron chi connectivity index (χ2n) is 9.98. The second kappa shape index (κ2) is 11.4. The van der Waals surface area contributed by atoms with Crippen LogP contribution in [0.2, 0.25) is 0 Å². The maximum Gasteiger partial charge on any atom is 0.248 e. The van der Waals surface area contributed by atoms with Gasteiger partial charge in [0, 0.05) is 43.0 Å². The van der Waals surface area contributed by atoms with Crippen LogP contribution in [0.3, 0.4) is 0 Å². The fraction of sp³-hybridized carbons (Fsp3) is 0.379. The molecule has 3 atom stereocenters. The third-order valence-electron chi connectivity index (χ3n) is 7.44. The Bertz CT molecular complexity index is 1270. The maximum absolute atomic E-state index is 11.6. The van der Waals surface area contributed by atoms with Crippen molar-refractivity contribution in [1.29, 1.82) is 5.26 Å². The first-order valence-electron chi connectivity index (χ1n) is 13.1. The predicted octanol–water partition coefficient (Wildman–Crippen LogP) is 4.10. The third-order valence-corrected chi connectivity index (χ3v) is 7.44. The van der Waals surface area contributed by atoms with E-state index in [9.17, 15) is 4.79 Å². The largest absolute Gasteiger partial charge is 0.369 e. The van der Waals surface area contributed by atoms with Crippen LogP contribution in [0.1, 0.15) is 54.6 Å². The number of amides is 1. The van der Waals surface area contributed by atoms with Gasteiger partial charge in [-0.25, -0.2) is 9.97 Å². The summed E-state index contributed by atoms with van der Waals surface area (Å²) in [4.78, 5) is 22.8. The molecule has 0 bridgehead atoms. The molecule has 2 aliphatic rings. The molecule has 1 saturated heterocycles. The van der Waals surface area contributed by atoms with Gasteiger partial charge in [-0.1, -0.05) is 25.0 Å². The second-order valence-corrected chi connectivity index (χ2v) is 9.98. The summed E-state index contributed by atoms with van der Waals surface area (Å²) in [7, 11) is 0. The average molecular weight is 496 g/mol. The van der Waals surface area contributed by atoms with Gasteiger partial charge in [-0.2, -0.15) is 5.26 Å². The van der Waals surface area contributed by atoms with Gasteiger partial charge >= 0.3 is 0 Å². The molecule has 0 radical (unpaired) electrons. The van der Waals surface area contributed by atoms with E-state index in [4.69, 9.17) is 11.0 Å². The van der Waals surface area contributed by atoms with E-state index in [0.29, 0.717) is 29.4 Å². The number of carbonyl (C=O) groups excluding carboxylic acids is 1. The number of hydrogen-bond acceptors (Lipinski definition) is 7. The van der Waals surface area contributed by atoms with Crippen molar-refractivity contribution < 1.29 is 4.79 Å². The van der Waals surface area contributed by atoms with Crippen LogP contribution in [-0.2, 0) is 0 Å². The van der Waals surface area contributed by atoms with Crippen LogP contribution in [0.15, 0.2) is 60.9 Å². The van der Waals surface area contributed by atoms with Crippen molar-refractivity contribution in [1.82, 2.24) is 15.3 Å². The average Bonchev–Trinajstić information content (AvgIpc) is 2.94. The number of nitrogens with two attached hydrogens (primary N) is 1. The van der Waals surface area contributed by atoms with E-state index >= 15 is 0 Å². The van der Waals surface area contributed by atoms with Crippen LogP contribution in [0.25, 0.3) is 11.1 Å². The molecular formula is C29H33N7O. The van der Waals surface area contributed by atoms with Crippen molar-refractivity contribution in [2.45, 2.75) is 56.7 Å². The number of rotatable bonds is 7. The van der Waals surface area contributed by atoms with E-state index in [-0.39, 0.29) is 0 Å². The number of primary amides is 1. The topological polar surface area (TPSA) is 120 Å². The first-order valence-corrected chi connectivity index (χ1v) is 13.1. The molecule has 1 aromatic carbocycles. The van der Waals surface area contributed by atoms with Crippen molar-refractivity contribution in [2.75, 3.05) is 23.3 Å². The van der Waals surface area contributed by atoms with Gasteiger partial charge in [0.05, 0.1) is 11.9 Å². The Morgan fingerprint density at radius 3 is 2.62 bits per heavy atom. The van der Waals surface area contributed by atoms with Gasteiger partial charge in [0.1, 0.15) is 17.6 Å².